The third-order valence-electron chi connectivity index (χ3n) is 7.55. The number of allylic oxidation sites excluding steroid dienone is 1. The van der Waals surface area contributed by atoms with Gasteiger partial charge in [-0.1, -0.05) is 43.2 Å². The molecule has 1 aromatic rings. The number of hydrogen-bond donors (Lipinski definition) is 0. The highest BCUT2D eigenvalue weighted by Crippen LogP contribution is 2.44. The molecular formula is C24H34N2. The lowest BCUT2D eigenvalue weighted by molar-refractivity contribution is 0.235. The summed E-state index contributed by atoms with van der Waals surface area (Å²) in [6.07, 6.45) is 13.7. The second-order valence-corrected chi connectivity index (χ2v) is 9.15. The molecule has 5 rings (SSSR count). The van der Waals surface area contributed by atoms with E-state index in [4.69, 9.17) is 0 Å². The average molecular weight is 351 g/mol. The van der Waals surface area contributed by atoms with Gasteiger partial charge in [-0.3, -0.25) is 4.90 Å². The number of rotatable bonds is 5. The molecule has 3 fully saturated rings. The topological polar surface area (TPSA) is 6.48 Å². The maximum Gasteiger partial charge on any atom is 0.00956 e. The van der Waals surface area contributed by atoms with Crippen LogP contribution in [0.2, 0.25) is 0 Å². The number of hydrogen-bond acceptors (Lipinski definition) is 2. The minimum absolute atomic E-state index is 0.797. The van der Waals surface area contributed by atoms with Gasteiger partial charge in [0.05, 0.1) is 0 Å². The molecule has 2 heterocycles. The smallest absolute Gasteiger partial charge is 0.00956 e. The van der Waals surface area contributed by atoms with Gasteiger partial charge in [0, 0.05) is 31.6 Å². The van der Waals surface area contributed by atoms with Gasteiger partial charge in [0.1, 0.15) is 0 Å². The molecule has 26 heavy (non-hydrogen) atoms. The van der Waals surface area contributed by atoms with E-state index in [-0.39, 0.29) is 0 Å². The summed E-state index contributed by atoms with van der Waals surface area (Å²) in [5, 5.41) is 0. The Labute approximate surface area is 159 Å². The first-order chi connectivity index (χ1) is 12.9. The van der Waals surface area contributed by atoms with Crippen molar-refractivity contribution >= 4 is 5.57 Å². The van der Waals surface area contributed by atoms with Crippen LogP contribution in [0.4, 0.5) is 0 Å². The van der Waals surface area contributed by atoms with Crippen molar-refractivity contribution in [1.82, 2.24) is 9.80 Å². The van der Waals surface area contributed by atoms with Crippen LogP contribution < -0.4 is 0 Å². The first-order valence-corrected chi connectivity index (χ1v) is 11.1. The average Bonchev–Trinajstić information content (AvgIpc) is 3.45. The summed E-state index contributed by atoms with van der Waals surface area (Å²) >= 11 is 0. The monoisotopic (exact) mass is 350 g/mol. The van der Waals surface area contributed by atoms with Crippen LogP contribution in [0, 0.1) is 11.8 Å². The van der Waals surface area contributed by atoms with Gasteiger partial charge in [0.25, 0.3) is 0 Å². The Hall–Kier alpha value is -1.12. The van der Waals surface area contributed by atoms with Gasteiger partial charge >= 0.3 is 0 Å². The van der Waals surface area contributed by atoms with Crippen LogP contribution in [0.3, 0.4) is 0 Å². The highest BCUT2D eigenvalue weighted by molar-refractivity contribution is 5.70. The lowest BCUT2D eigenvalue weighted by Crippen LogP contribution is -2.31. The summed E-state index contributed by atoms with van der Waals surface area (Å²) in [4.78, 5) is 5.45. The van der Waals surface area contributed by atoms with Crippen molar-refractivity contribution in [2.45, 2.75) is 57.4 Å². The van der Waals surface area contributed by atoms with Crippen LogP contribution in [-0.4, -0.2) is 48.6 Å². The minimum atomic E-state index is 0.797. The van der Waals surface area contributed by atoms with Crippen molar-refractivity contribution in [2.75, 3.05) is 32.7 Å². The zero-order valence-electron chi connectivity index (χ0n) is 16.2. The summed E-state index contributed by atoms with van der Waals surface area (Å²) in [5.41, 5.74) is 4.66. The standard InChI is InChI=1S/C24H34N2/c1-2-6-22(5-1)26-17-21-11-12-23(24(21)18-26)20-9-7-19(8-10-20)13-16-25-14-3-4-15-25/h7-10,12,21-22,24H,1-6,11,13-18H2/t21-,24+/m1/s1. The van der Waals surface area contributed by atoms with Crippen molar-refractivity contribution in [2.24, 2.45) is 11.8 Å². The Bertz CT molecular complexity index is 635. The quantitative estimate of drug-likeness (QED) is 0.765. The molecular weight excluding hydrogens is 316 g/mol. The summed E-state index contributed by atoms with van der Waals surface area (Å²) in [6, 6.07) is 10.5. The third kappa shape index (κ3) is 3.39. The fraction of sp³-hybridized carbons (Fsp3) is 0.667. The first kappa shape index (κ1) is 17.0. The molecule has 0 radical (unpaired) electrons. The second kappa shape index (κ2) is 7.48. The summed E-state index contributed by atoms with van der Waals surface area (Å²) < 4.78 is 0. The van der Waals surface area contributed by atoms with E-state index < -0.39 is 0 Å². The van der Waals surface area contributed by atoms with E-state index in [9.17, 15) is 0 Å². The van der Waals surface area contributed by atoms with Crippen LogP contribution in [0.25, 0.3) is 5.57 Å². The van der Waals surface area contributed by atoms with E-state index in [1.807, 2.05) is 0 Å². The lowest BCUT2D eigenvalue weighted by atomic mass is 9.90. The van der Waals surface area contributed by atoms with Gasteiger partial charge in [0.2, 0.25) is 0 Å². The van der Waals surface area contributed by atoms with Gasteiger partial charge in [0.15, 0.2) is 0 Å². The maximum absolute atomic E-state index is 2.83. The molecule has 140 valence electrons. The molecule has 2 aliphatic heterocycles. The third-order valence-corrected chi connectivity index (χ3v) is 7.55. The maximum atomic E-state index is 2.83. The Morgan fingerprint density at radius 3 is 2.42 bits per heavy atom. The van der Waals surface area contributed by atoms with E-state index in [0.29, 0.717) is 0 Å². The highest BCUT2D eigenvalue weighted by Gasteiger charge is 2.40. The fourth-order valence-corrected chi connectivity index (χ4v) is 5.98. The van der Waals surface area contributed by atoms with Gasteiger partial charge < -0.3 is 4.90 Å². The van der Waals surface area contributed by atoms with Crippen LogP contribution in [0.5, 0.6) is 0 Å². The second-order valence-electron chi connectivity index (χ2n) is 9.15. The van der Waals surface area contributed by atoms with Crippen molar-refractivity contribution in [3.8, 4) is 0 Å². The van der Waals surface area contributed by atoms with Crippen LogP contribution >= 0.6 is 0 Å². The van der Waals surface area contributed by atoms with Crippen LogP contribution in [-0.2, 0) is 6.42 Å². The van der Waals surface area contributed by atoms with E-state index in [1.54, 1.807) is 5.57 Å². The Balaban J connectivity index is 1.21. The molecule has 2 atom stereocenters. The van der Waals surface area contributed by atoms with Gasteiger partial charge in [-0.15, -0.1) is 0 Å². The molecule has 0 unspecified atom stereocenters. The lowest BCUT2D eigenvalue weighted by Gasteiger charge is -2.24. The van der Waals surface area contributed by atoms with E-state index >= 15 is 0 Å². The van der Waals surface area contributed by atoms with Gasteiger partial charge in [-0.25, -0.2) is 0 Å². The highest BCUT2D eigenvalue weighted by atomic mass is 15.2. The Morgan fingerprint density at radius 2 is 1.65 bits per heavy atom. The van der Waals surface area contributed by atoms with E-state index in [1.165, 1.54) is 95.2 Å². The predicted octanol–water partition coefficient (Wildman–Crippen LogP) is 4.60. The molecule has 0 spiro atoms. The zero-order chi connectivity index (χ0) is 17.3. The number of nitrogens with zero attached hydrogens (tertiary/aromatic N) is 2. The molecule has 0 bridgehead atoms. The zero-order valence-corrected chi connectivity index (χ0v) is 16.2. The predicted molar refractivity (Wildman–Crippen MR) is 109 cm³/mol. The van der Waals surface area contributed by atoms with Crippen molar-refractivity contribution in [3.63, 3.8) is 0 Å². The van der Waals surface area contributed by atoms with Gasteiger partial charge in [-0.2, -0.15) is 0 Å². The summed E-state index contributed by atoms with van der Waals surface area (Å²) in [6.45, 7) is 6.53. The molecule has 1 aromatic carbocycles. The SMILES string of the molecule is C1=C(c2ccc(CCN3CCCC3)cc2)[C@H]2CN(C3CCCC3)C[C@H]2C1. The Kier molecular flexibility index (Phi) is 4.89. The molecule has 2 saturated heterocycles. The molecule has 2 nitrogen and oxygen atoms in total. The number of benzene rings is 1. The fourth-order valence-electron chi connectivity index (χ4n) is 5.98. The largest absolute Gasteiger partial charge is 0.303 e. The number of fused-ring (bicyclic) bond motifs is 1. The van der Waals surface area contributed by atoms with Gasteiger partial charge in [-0.05, 0) is 74.2 Å². The molecule has 0 aromatic heterocycles. The summed E-state index contributed by atoms with van der Waals surface area (Å²) in [7, 11) is 0. The van der Waals surface area contributed by atoms with E-state index in [2.05, 4.69) is 40.1 Å². The van der Waals surface area contributed by atoms with Crippen LogP contribution in [0.1, 0.15) is 56.1 Å². The molecule has 0 N–H and O–H groups in total. The molecule has 0 amide bonds. The Morgan fingerprint density at radius 1 is 0.885 bits per heavy atom. The van der Waals surface area contributed by atoms with Crippen molar-refractivity contribution < 1.29 is 0 Å². The molecule has 2 aliphatic carbocycles. The normalized spacial score (nSPS) is 30.2. The molecule has 1 saturated carbocycles. The molecule has 4 aliphatic rings. The minimum Gasteiger partial charge on any atom is -0.303 e. The first-order valence-electron chi connectivity index (χ1n) is 11.1. The van der Waals surface area contributed by atoms with Crippen LogP contribution in [0.15, 0.2) is 30.3 Å². The van der Waals surface area contributed by atoms with Crippen molar-refractivity contribution in [1.29, 1.82) is 0 Å². The van der Waals surface area contributed by atoms with Crippen molar-refractivity contribution in [3.05, 3.63) is 41.5 Å². The number of likely N-dealkylation sites (tertiary alicyclic amines) is 2. The summed E-state index contributed by atoms with van der Waals surface area (Å²) in [5.74, 6) is 1.69. The molecule has 2 heteroatoms. The van der Waals surface area contributed by atoms with E-state index in [0.717, 1.165) is 17.9 Å².